The zero-order valence-corrected chi connectivity index (χ0v) is 11.7. The highest BCUT2D eigenvalue weighted by atomic mass is 35.5. The fraction of sp³-hybridized carbons (Fsp3) is 0.667. The van der Waals surface area contributed by atoms with Gasteiger partial charge >= 0.3 is 0 Å². The molecule has 0 unspecified atom stereocenters. The van der Waals surface area contributed by atoms with Gasteiger partial charge in [0.2, 0.25) is 0 Å². The molecule has 0 aromatic carbocycles. The molecular weight excluding hydrogens is 250 g/mol. The summed E-state index contributed by atoms with van der Waals surface area (Å²) in [4.78, 5) is 13.1. The van der Waals surface area contributed by atoms with Crippen LogP contribution in [0.4, 0.5) is 11.5 Å². The average molecular weight is 270 g/mol. The molecule has 0 aliphatic carbocycles. The summed E-state index contributed by atoms with van der Waals surface area (Å²) >= 11 is 6.09. The zero-order chi connectivity index (χ0) is 13.0. The van der Waals surface area contributed by atoms with E-state index in [1.165, 1.54) is 6.33 Å². The molecule has 0 atom stereocenters. The maximum Gasteiger partial charge on any atom is 0.157 e. The van der Waals surface area contributed by atoms with E-state index >= 15 is 0 Å². The van der Waals surface area contributed by atoms with Crippen LogP contribution in [-0.2, 0) is 0 Å². The van der Waals surface area contributed by atoms with Crippen molar-refractivity contribution in [3.63, 3.8) is 0 Å². The predicted molar refractivity (Wildman–Crippen MR) is 75.5 cm³/mol. The van der Waals surface area contributed by atoms with E-state index in [0.717, 1.165) is 50.6 Å². The van der Waals surface area contributed by atoms with Crippen molar-refractivity contribution in [3.8, 4) is 0 Å². The predicted octanol–water partition coefficient (Wildman–Crippen LogP) is 1.70. The van der Waals surface area contributed by atoms with Crippen molar-refractivity contribution in [2.75, 3.05) is 50.0 Å². The molecule has 0 saturated carbocycles. The Hall–Kier alpha value is -1.07. The minimum Gasteiger partial charge on any atom is -0.383 e. The van der Waals surface area contributed by atoms with E-state index < -0.39 is 0 Å². The van der Waals surface area contributed by atoms with Gasteiger partial charge in [0.25, 0.3) is 0 Å². The van der Waals surface area contributed by atoms with E-state index in [1.807, 2.05) is 7.05 Å². The van der Waals surface area contributed by atoms with Crippen LogP contribution in [0.2, 0.25) is 5.15 Å². The summed E-state index contributed by atoms with van der Waals surface area (Å²) in [6, 6.07) is 0. The minimum absolute atomic E-state index is 0.485. The molecular formula is C12H20ClN5. The fourth-order valence-corrected chi connectivity index (χ4v) is 2.53. The number of halogens is 1. The third-order valence-corrected chi connectivity index (χ3v) is 3.65. The molecule has 1 aliphatic heterocycles. The monoisotopic (exact) mass is 269 g/mol. The first-order chi connectivity index (χ1) is 8.76. The maximum absolute atomic E-state index is 6.09. The van der Waals surface area contributed by atoms with Crippen molar-refractivity contribution in [3.05, 3.63) is 11.5 Å². The fourth-order valence-electron chi connectivity index (χ4n) is 2.31. The summed E-state index contributed by atoms with van der Waals surface area (Å²) in [6.07, 6.45) is 2.68. The van der Waals surface area contributed by atoms with E-state index in [1.54, 1.807) is 0 Å². The number of rotatable bonds is 3. The van der Waals surface area contributed by atoms with E-state index in [0.29, 0.717) is 5.15 Å². The summed E-state index contributed by atoms with van der Waals surface area (Å²) in [7, 11) is 1.85. The first-order valence-corrected chi connectivity index (χ1v) is 6.79. The van der Waals surface area contributed by atoms with Crippen LogP contribution in [0.5, 0.6) is 0 Å². The summed E-state index contributed by atoms with van der Waals surface area (Å²) < 4.78 is 0. The van der Waals surface area contributed by atoms with Crippen molar-refractivity contribution in [2.24, 2.45) is 0 Å². The van der Waals surface area contributed by atoms with Gasteiger partial charge in [0, 0.05) is 26.7 Å². The Morgan fingerprint density at radius 3 is 2.83 bits per heavy atom. The third-order valence-electron chi connectivity index (χ3n) is 3.37. The van der Waals surface area contributed by atoms with Crippen molar-refractivity contribution in [1.82, 2.24) is 14.9 Å². The second kappa shape index (κ2) is 6.20. The van der Waals surface area contributed by atoms with Gasteiger partial charge in [-0.05, 0) is 19.5 Å². The molecule has 18 heavy (non-hydrogen) atoms. The Bertz CT molecular complexity index is 398. The SMILES string of the molecule is CCN1CCCN(c2ncnc(Cl)c2NC)CC1. The van der Waals surface area contributed by atoms with Crippen molar-refractivity contribution >= 4 is 23.1 Å². The van der Waals surface area contributed by atoms with Gasteiger partial charge in [-0.25, -0.2) is 9.97 Å². The lowest BCUT2D eigenvalue weighted by Gasteiger charge is -2.24. The van der Waals surface area contributed by atoms with Gasteiger partial charge in [-0.2, -0.15) is 0 Å². The third kappa shape index (κ3) is 2.84. The van der Waals surface area contributed by atoms with Gasteiger partial charge in [-0.15, -0.1) is 0 Å². The molecule has 1 aromatic heterocycles. The van der Waals surface area contributed by atoms with Crippen LogP contribution in [-0.4, -0.2) is 54.6 Å². The number of aromatic nitrogens is 2. The Morgan fingerprint density at radius 1 is 1.28 bits per heavy atom. The van der Waals surface area contributed by atoms with Gasteiger partial charge in [-0.3, -0.25) is 0 Å². The molecule has 0 radical (unpaired) electrons. The van der Waals surface area contributed by atoms with Crippen LogP contribution in [0, 0.1) is 0 Å². The molecule has 6 heteroatoms. The molecule has 1 fully saturated rings. The Labute approximate surface area is 113 Å². The molecule has 5 nitrogen and oxygen atoms in total. The van der Waals surface area contributed by atoms with Gasteiger partial charge < -0.3 is 15.1 Å². The molecule has 100 valence electrons. The Kier molecular flexibility index (Phi) is 4.60. The van der Waals surface area contributed by atoms with Crippen LogP contribution >= 0.6 is 11.6 Å². The summed E-state index contributed by atoms with van der Waals surface area (Å²) in [5, 5.41) is 3.58. The zero-order valence-electron chi connectivity index (χ0n) is 11.0. The number of hydrogen-bond donors (Lipinski definition) is 1. The quantitative estimate of drug-likeness (QED) is 0.847. The van der Waals surface area contributed by atoms with E-state index in [-0.39, 0.29) is 0 Å². The molecule has 1 aromatic rings. The molecule has 1 saturated heterocycles. The van der Waals surface area contributed by atoms with Crippen molar-refractivity contribution in [1.29, 1.82) is 0 Å². The number of nitrogens with one attached hydrogen (secondary N) is 1. The second-order valence-corrected chi connectivity index (χ2v) is 4.75. The molecule has 0 amide bonds. The molecule has 1 N–H and O–H groups in total. The summed E-state index contributed by atoms with van der Waals surface area (Å²) in [5.41, 5.74) is 0.823. The molecule has 0 spiro atoms. The highest BCUT2D eigenvalue weighted by Crippen LogP contribution is 2.29. The molecule has 0 bridgehead atoms. The average Bonchev–Trinajstić information content (AvgIpc) is 2.63. The maximum atomic E-state index is 6.09. The Morgan fingerprint density at radius 2 is 2.11 bits per heavy atom. The van der Waals surface area contributed by atoms with Crippen molar-refractivity contribution < 1.29 is 0 Å². The topological polar surface area (TPSA) is 44.3 Å². The van der Waals surface area contributed by atoms with E-state index in [4.69, 9.17) is 11.6 Å². The second-order valence-electron chi connectivity index (χ2n) is 4.39. The molecule has 1 aliphatic rings. The lowest BCUT2D eigenvalue weighted by molar-refractivity contribution is 0.310. The number of likely N-dealkylation sites (N-methyl/N-ethyl adjacent to an activating group) is 1. The van der Waals surface area contributed by atoms with Crippen molar-refractivity contribution in [2.45, 2.75) is 13.3 Å². The highest BCUT2D eigenvalue weighted by molar-refractivity contribution is 6.32. The van der Waals surface area contributed by atoms with Crippen LogP contribution in [0.25, 0.3) is 0 Å². The summed E-state index contributed by atoms with van der Waals surface area (Å²) in [6.45, 7) is 7.53. The molecule has 2 heterocycles. The van der Waals surface area contributed by atoms with Gasteiger partial charge in [0.1, 0.15) is 12.0 Å². The van der Waals surface area contributed by atoms with E-state index in [9.17, 15) is 0 Å². The lowest BCUT2D eigenvalue weighted by atomic mass is 10.3. The Balaban J connectivity index is 2.18. The number of hydrogen-bond acceptors (Lipinski definition) is 5. The van der Waals surface area contributed by atoms with Gasteiger partial charge in [0.05, 0.1) is 0 Å². The minimum atomic E-state index is 0.485. The smallest absolute Gasteiger partial charge is 0.157 e. The van der Waals surface area contributed by atoms with Gasteiger partial charge in [0.15, 0.2) is 11.0 Å². The van der Waals surface area contributed by atoms with Crippen LogP contribution in [0.15, 0.2) is 6.33 Å². The van der Waals surface area contributed by atoms with Crippen LogP contribution in [0.3, 0.4) is 0 Å². The standard InChI is InChI=1S/C12H20ClN5/c1-3-17-5-4-6-18(8-7-17)12-10(14-2)11(13)15-9-16-12/h9,14H,3-8H2,1-2H3. The number of nitrogens with zero attached hydrogens (tertiary/aromatic N) is 4. The van der Waals surface area contributed by atoms with Crippen LogP contribution < -0.4 is 10.2 Å². The van der Waals surface area contributed by atoms with Crippen LogP contribution in [0.1, 0.15) is 13.3 Å². The molecule has 2 rings (SSSR count). The first kappa shape index (κ1) is 13.4. The largest absolute Gasteiger partial charge is 0.383 e. The number of anilines is 2. The van der Waals surface area contributed by atoms with E-state index in [2.05, 4.69) is 32.0 Å². The summed E-state index contributed by atoms with van der Waals surface area (Å²) in [5.74, 6) is 0.912. The highest BCUT2D eigenvalue weighted by Gasteiger charge is 2.19. The lowest BCUT2D eigenvalue weighted by Crippen LogP contribution is -2.31. The van der Waals surface area contributed by atoms with Gasteiger partial charge in [-0.1, -0.05) is 18.5 Å². The normalized spacial score (nSPS) is 17.6. The first-order valence-electron chi connectivity index (χ1n) is 6.41.